The zero-order valence-corrected chi connectivity index (χ0v) is 16.2. The number of anilines is 1. The minimum atomic E-state index is -3.85. The van der Waals surface area contributed by atoms with Gasteiger partial charge in [0.2, 0.25) is 10.0 Å². The van der Waals surface area contributed by atoms with E-state index >= 15 is 0 Å². The number of nitrogens with one attached hydrogen (secondary N) is 2. The summed E-state index contributed by atoms with van der Waals surface area (Å²) in [5.41, 5.74) is 0.129. The molecular weight excluding hydrogens is 395 g/mol. The van der Waals surface area contributed by atoms with Gasteiger partial charge in [0, 0.05) is 30.3 Å². The lowest BCUT2D eigenvalue weighted by molar-refractivity contribution is 0.102. The fraction of sp³-hybridized carbons (Fsp3) is 0.278. The van der Waals surface area contributed by atoms with Gasteiger partial charge in [-0.2, -0.15) is 0 Å². The number of sulfonamides is 1. The van der Waals surface area contributed by atoms with Crippen LogP contribution in [-0.4, -0.2) is 34.1 Å². The first kappa shape index (κ1) is 21.3. The number of rotatable bonds is 9. The average molecular weight is 415 g/mol. The molecule has 6 nitrogen and oxygen atoms in total. The van der Waals surface area contributed by atoms with Crippen molar-refractivity contribution in [1.82, 2.24) is 4.72 Å². The third-order valence-electron chi connectivity index (χ3n) is 3.55. The summed E-state index contributed by atoms with van der Waals surface area (Å²) in [5, 5.41) is 2.77. The predicted octanol–water partition coefficient (Wildman–Crippen LogP) is 3.44. The molecule has 0 radical (unpaired) electrons. The molecule has 0 aromatic heterocycles. The third kappa shape index (κ3) is 6.28. The molecule has 146 valence electrons. The summed E-state index contributed by atoms with van der Waals surface area (Å²) in [5.74, 6) is -1.41. The second kappa shape index (κ2) is 9.80. The van der Waals surface area contributed by atoms with Crippen LogP contribution in [0.15, 0.2) is 47.4 Å². The summed E-state index contributed by atoms with van der Waals surface area (Å²) in [7, 11) is -3.85. The summed E-state index contributed by atoms with van der Waals surface area (Å²) in [6.45, 7) is 3.01. The molecule has 0 bridgehead atoms. The number of hydrogen-bond donors (Lipinski definition) is 2. The molecule has 2 aromatic carbocycles. The fourth-order valence-corrected chi connectivity index (χ4v) is 3.47. The highest BCUT2D eigenvalue weighted by Crippen LogP contribution is 2.20. The van der Waals surface area contributed by atoms with Gasteiger partial charge in [0.1, 0.15) is 5.82 Å². The Kier molecular flexibility index (Phi) is 7.73. The average Bonchev–Trinajstić information content (AvgIpc) is 2.63. The van der Waals surface area contributed by atoms with Crippen LogP contribution >= 0.6 is 11.6 Å². The second-order valence-electron chi connectivity index (χ2n) is 5.55. The minimum absolute atomic E-state index is 0.129. The van der Waals surface area contributed by atoms with Gasteiger partial charge in [-0.3, -0.25) is 4.79 Å². The van der Waals surface area contributed by atoms with Crippen molar-refractivity contribution < 1.29 is 22.3 Å². The van der Waals surface area contributed by atoms with Gasteiger partial charge in [-0.05, 0) is 49.7 Å². The van der Waals surface area contributed by atoms with Crippen LogP contribution in [0.5, 0.6) is 0 Å². The Labute approximate surface area is 162 Å². The predicted molar refractivity (Wildman–Crippen MR) is 102 cm³/mol. The van der Waals surface area contributed by atoms with Crippen molar-refractivity contribution in [3.63, 3.8) is 0 Å². The maximum absolute atomic E-state index is 14.3. The summed E-state index contributed by atoms with van der Waals surface area (Å²) in [6.07, 6.45) is 0.503. The van der Waals surface area contributed by atoms with E-state index in [0.29, 0.717) is 24.7 Å². The summed E-state index contributed by atoms with van der Waals surface area (Å²) < 4.78 is 46.2. The number of hydrogen-bond acceptors (Lipinski definition) is 4. The lowest BCUT2D eigenvalue weighted by Crippen LogP contribution is -2.25. The lowest BCUT2D eigenvalue weighted by Gasteiger charge is -2.10. The van der Waals surface area contributed by atoms with E-state index in [1.807, 2.05) is 6.92 Å². The zero-order chi connectivity index (χ0) is 19.9. The quantitative estimate of drug-likeness (QED) is 0.615. The number of amides is 1. The van der Waals surface area contributed by atoms with E-state index in [0.717, 1.165) is 6.07 Å². The van der Waals surface area contributed by atoms with E-state index in [9.17, 15) is 17.6 Å². The molecular formula is C18H20ClFN2O4S. The van der Waals surface area contributed by atoms with Crippen molar-refractivity contribution in [3.8, 4) is 0 Å². The largest absolute Gasteiger partial charge is 0.382 e. The lowest BCUT2D eigenvalue weighted by atomic mass is 10.2. The highest BCUT2D eigenvalue weighted by atomic mass is 35.5. The van der Waals surface area contributed by atoms with Gasteiger partial charge in [-0.1, -0.05) is 17.7 Å². The molecule has 9 heteroatoms. The molecule has 2 N–H and O–H groups in total. The smallest absolute Gasteiger partial charge is 0.255 e. The van der Waals surface area contributed by atoms with Crippen molar-refractivity contribution in [2.24, 2.45) is 0 Å². The molecule has 0 saturated heterocycles. The fourth-order valence-electron chi connectivity index (χ4n) is 2.20. The first-order valence-corrected chi connectivity index (χ1v) is 10.1. The van der Waals surface area contributed by atoms with Crippen LogP contribution in [0.4, 0.5) is 10.1 Å². The third-order valence-corrected chi connectivity index (χ3v) is 5.24. The van der Waals surface area contributed by atoms with Crippen LogP contribution in [-0.2, 0) is 14.8 Å². The summed E-state index contributed by atoms with van der Waals surface area (Å²) in [4.78, 5) is 11.9. The molecule has 2 rings (SSSR count). The molecule has 0 aliphatic carbocycles. The van der Waals surface area contributed by atoms with Crippen LogP contribution in [0.1, 0.15) is 23.7 Å². The van der Waals surface area contributed by atoms with Crippen molar-refractivity contribution in [2.75, 3.05) is 25.1 Å². The van der Waals surface area contributed by atoms with Gasteiger partial charge in [-0.25, -0.2) is 17.5 Å². The Morgan fingerprint density at radius 1 is 1.22 bits per heavy atom. The normalized spacial score (nSPS) is 11.4. The van der Waals surface area contributed by atoms with Crippen LogP contribution in [0.25, 0.3) is 0 Å². The van der Waals surface area contributed by atoms with E-state index < -0.39 is 21.7 Å². The van der Waals surface area contributed by atoms with Crippen molar-refractivity contribution in [3.05, 3.63) is 58.9 Å². The first-order valence-electron chi connectivity index (χ1n) is 8.27. The Hall–Kier alpha value is -2.00. The molecule has 0 atom stereocenters. The van der Waals surface area contributed by atoms with Crippen LogP contribution in [0.3, 0.4) is 0 Å². The maximum Gasteiger partial charge on any atom is 0.255 e. The van der Waals surface area contributed by atoms with E-state index in [2.05, 4.69) is 10.0 Å². The highest BCUT2D eigenvalue weighted by Gasteiger charge is 2.17. The van der Waals surface area contributed by atoms with Crippen molar-refractivity contribution in [2.45, 2.75) is 18.2 Å². The van der Waals surface area contributed by atoms with E-state index in [1.165, 1.54) is 24.3 Å². The number of halogens is 2. The Balaban J connectivity index is 2.05. The number of carbonyl (C=O) groups is 1. The van der Waals surface area contributed by atoms with Gasteiger partial charge >= 0.3 is 0 Å². The highest BCUT2D eigenvalue weighted by molar-refractivity contribution is 7.89. The molecule has 0 unspecified atom stereocenters. The topological polar surface area (TPSA) is 84.5 Å². The Bertz CT molecular complexity index is 906. The molecule has 27 heavy (non-hydrogen) atoms. The van der Waals surface area contributed by atoms with E-state index in [-0.39, 0.29) is 22.7 Å². The molecule has 0 spiro atoms. The Morgan fingerprint density at radius 2 is 2.00 bits per heavy atom. The minimum Gasteiger partial charge on any atom is -0.382 e. The molecule has 0 fully saturated rings. The molecule has 2 aromatic rings. The van der Waals surface area contributed by atoms with E-state index in [4.69, 9.17) is 16.3 Å². The van der Waals surface area contributed by atoms with Crippen LogP contribution < -0.4 is 10.0 Å². The number of carbonyl (C=O) groups excluding carboxylic acids is 1. The number of benzene rings is 2. The van der Waals surface area contributed by atoms with Gasteiger partial charge < -0.3 is 10.1 Å². The molecule has 0 aliphatic rings. The Morgan fingerprint density at radius 3 is 2.67 bits per heavy atom. The second-order valence-corrected chi connectivity index (χ2v) is 7.76. The van der Waals surface area contributed by atoms with Crippen LogP contribution in [0.2, 0.25) is 5.02 Å². The van der Waals surface area contributed by atoms with E-state index in [1.54, 1.807) is 12.1 Å². The SMILES string of the molecule is CCOCCCNS(=O)(=O)c1ccc(NC(=O)c2cccc(Cl)c2)c(F)c1. The standard InChI is InChI=1S/C18H20ClFN2O4S/c1-2-26-10-4-9-21-27(24,25)15-7-8-17(16(20)12-15)22-18(23)13-5-3-6-14(19)11-13/h3,5-8,11-12,21H,2,4,9-10H2,1H3,(H,22,23). The molecule has 1 amide bonds. The molecule has 0 saturated carbocycles. The van der Waals surface area contributed by atoms with Crippen molar-refractivity contribution in [1.29, 1.82) is 0 Å². The summed E-state index contributed by atoms with van der Waals surface area (Å²) in [6, 6.07) is 9.47. The number of ether oxygens (including phenoxy) is 1. The van der Waals surface area contributed by atoms with Crippen molar-refractivity contribution >= 4 is 33.2 Å². The van der Waals surface area contributed by atoms with Gasteiger partial charge in [0.05, 0.1) is 10.6 Å². The van der Waals surface area contributed by atoms with Gasteiger partial charge in [-0.15, -0.1) is 0 Å². The van der Waals surface area contributed by atoms with Gasteiger partial charge in [0.15, 0.2) is 0 Å². The maximum atomic E-state index is 14.3. The monoisotopic (exact) mass is 414 g/mol. The molecule has 0 heterocycles. The van der Waals surface area contributed by atoms with Crippen LogP contribution in [0, 0.1) is 5.82 Å². The molecule has 0 aliphatic heterocycles. The zero-order valence-electron chi connectivity index (χ0n) is 14.7. The van der Waals surface area contributed by atoms with Gasteiger partial charge in [0.25, 0.3) is 5.91 Å². The summed E-state index contributed by atoms with van der Waals surface area (Å²) >= 11 is 5.83. The first-order chi connectivity index (χ1) is 12.8.